The Morgan fingerprint density at radius 2 is 1.64 bits per heavy atom. The van der Waals surface area contributed by atoms with Gasteiger partial charge in [-0.3, -0.25) is 14.5 Å². The monoisotopic (exact) mass is 390 g/mol. The molecule has 0 saturated heterocycles. The predicted octanol–water partition coefficient (Wildman–Crippen LogP) is 3.57. The Morgan fingerprint density at radius 1 is 0.964 bits per heavy atom. The summed E-state index contributed by atoms with van der Waals surface area (Å²) < 4.78 is 7.64. The fraction of sp³-hybridized carbons (Fsp3) is 0.100. The molecule has 0 fully saturated rings. The van der Waals surface area contributed by atoms with Crippen LogP contribution in [0.15, 0.2) is 64.2 Å². The van der Waals surface area contributed by atoms with Crippen molar-refractivity contribution in [2.75, 3.05) is 5.88 Å². The molecule has 138 valence electrons. The molecular weight excluding hydrogens is 376 g/mol. The lowest BCUT2D eigenvalue weighted by Crippen LogP contribution is -2.29. The molecule has 4 aromatic rings. The topological polar surface area (TPSA) is 81.2 Å². The van der Waals surface area contributed by atoms with E-state index < -0.39 is 0 Å². The molecule has 8 heteroatoms. The van der Waals surface area contributed by atoms with Gasteiger partial charge in [0.1, 0.15) is 5.58 Å². The summed E-state index contributed by atoms with van der Waals surface area (Å²) >= 11 is 1.28. The molecule has 5 rings (SSSR count). The van der Waals surface area contributed by atoms with Crippen LogP contribution in [0.3, 0.4) is 0 Å². The Hall–Kier alpha value is -3.39. The highest BCUT2D eigenvalue weighted by atomic mass is 32.2. The van der Waals surface area contributed by atoms with Crippen LogP contribution in [0.2, 0.25) is 0 Å². The van der Waals surface area contributed by atoms with Gasteiger partial charge < -0.3 is 8.98 Å². The summed E-state index contributed by atoms with van der Waals surface area (Å²) in [4.78, 5) is 26.2. The minimum absolute atomic E-state index is 0.165. The lowest BCUT2D eigenvalue weighted by molar-refractivity contribution is 0.0684. The van der Waals surface area contributed by atoms with E-state index in [1.807, 2.05) is 37.4 Å². The third-order valence-corrected chi connectivity index (χ3v) is 5.68. The summed E-state index contributed by atoms with van der Waals surface area (Å²) in [6, 6.07) is 16.5. The standard InChI is InChI=1S/C20H14N4O3S/c1-23-17(16-10-12-6-2-5-9-15(12)27-16)21-22-20(23)28-11-24-18(25)13-7-3-4-8-14(13)19(24)26/h2-10H,11H2,1H3. The zero-order chi connectivity index (χ0) is 19.3. The number of amides is 2. The first-order chi connectivity index (χ1) is 13.6. The van der Waals surface area contributed by atoms with Crippen molar-refractivity contribution < 1.29 is 14.0 Å². The van der Waals surface area contributed by atoms with Crippen molar-refractivity contribution in [3.05, 3.63) is 65.7 Å². The number of imide groups is 1. The fourth-order valence-electron chi connectivity index (χ4n) is 3.23. The second kappa shape index (κ2) is 6.35. The second-order valence-corrected chi connectivity index (χ2v) is 7.28. The Labute approximate surface area is 164 Å². The van der Waals surface area contributed by atoms with E-state index in [1.165, 1.54) is 16.7 Å². The molecule has 0 saturated carbocycles. The van der Waals surface area contributed by atoms with Gasteiger partial charge in [-0.15, -0.1) is 10.2 Å². The maximum atomic E-state index is 12.5. The molecule has 2 aromatic carbocycles. The molecule has 28 heavy (non-hydrogen) atoms. The van der Waals surface area contributed by atoms with E-state index in [9.17, 15) is 9.59 Å². The Bertz CT molecular complexity index is 1180. The van der Waals surface area contributed by atoms with Crippen LogP contribution in [0.1, 0.15) is 20.7 Å². The molecule has 0 aliphatic carbocycles. The number of thioether (sulfide) groups is 1. The molecule has 0 spiro atoms. The van der Waals surface area contributed by atoms with Crippen molar-refractivity contribution in [2.45, 2.75) is 5.16 Å². The van der Waals surface area contributed by atoms with E-state index in [1.54, 1.807) is 28.8 Å². The van der Waals surface area contributed by atoms with E-state index in [2.05, 4.69) is 10.2 Å². The van der Waals surface area contributed by atoms with Crippen molar-refractivity contribution in [1.29, 1.82) is 0 Å². The molecule has 3 heterocycles. The number of furan rings is 1. The highest BCUT2D eigenvalue weighted by Gasteiger charge is 2.35. The van der Waals surface area contributed by atoms with E-state index in [-0.39, 0.29) is 17.7 Å². The molecule has 2 aromatic heterocycles. The molecule has 1 aliphatic rings. The number of aromatic nitrogens is 3. The van der Waals surface area contributed by atoms with Gasteiger partial charge in [0.15, 0.2) is 16.7 Å². The van der Waals surface area contributed by atoms with Crippen LogP contribution >= 0.6 is 11.8 Å². The van der Waals surface area contributed by atoms with Crippen LogP contribution in [0.4, 0.5) is 0 Å². The van der Waals surface area contributed by atoms with Crippen LogP contribution in [-0.4, -0.2) is 37.4 Å². The fourth-order valence-corrected chi connectivity index (χ4v) is 4.08. The highest BCUT2D eigenvalue weighted by molar-refractivity contribution is 7.99. The number of carbonyl (C=O) groups excluding carboxylic acids is 2. The minimum Gasteiger partial charge on any atom is -0.453 e. The van der Waals surface area contributed by atoms with Crippen molar-refractivity contribution >= 4 is 34.5 Å². The van der Waals surface area contributed by atoms with Gasteiger partial charge in [0, 0.05) is 12.4 Å². The molecule has 0 N–H and O–H groups in total. The van der Waals surface area contributed by atoms with Crippen molar-refractivity contribution in [1.82, 2.24) is 19.7 Å². The lowest BCUT2D eigenvalue weighted by atomic mass is 10.1. The van der Waals surface area contributed by atoms with Crippen molar-refractivity contribution in [3.63, 3.8) is 0 Å². The second-order valence-electron chi connectivity index (χ2n) is 6.37. The summed E-state index contributed by atoms with van der Waals surface area (Å²) in [5, 5.41) is 9.98. The number of rotatable bonds is 4. The van der Waals surface area contributed by atoms with Crippen molar-refractivity contribution in [2.24, 2.45) is 7.05 Å². The molecule has 0 atom stereocenters. The summed E-state index contributed by atoms with van der Waals surface area (Å²) in [7, 11) is 1.83. The van der Waals surface area contributed by atoms with Crippen LogP contribution in [-0.2, 0) is 7.05 Å². The first kappa shape index (κ1) is 16.8. The number of fused-ring (bicyclic) bond motifs is 2. The van der Waals surface area contributed by atoms with Gasteiger partial charge in [-0.25, -0.2) is 0 Å². The van der Waals surface area contributed by atoms with E-state index in [4.69, 9.17) is 4.42 Å². The van der Waals surface area contributed by atoms with E-state index >= 15 is 0 Å². The summed E-state index contributed by atoms with van der Waals surface area (Å²) in [5.74, 6) is 0.795. The maximum absolute atomic E-state index is 12.5. The smallest absolute Gasteiger partial charge is 0.262 e. The number of hydrogen-bond acceptors (Lipinski definition) is 6. The van der Waals surface area contributed by atoms with Gasteiger partial charge in [-0.05, 0) is 24.3 Å². The molecule has 2 amide bonds. The normalized spacial score (nSPS) is 13.5. The average Bonchev–Trinajstić information content (AvgIpc) is 3.36. The zero-order valence-electron chi connectivity index (χ0n) is 14.8. The van der Waals surface area contributed by atoms with E-state index in [0.717, 1.165) is 11.0 Å². The van der Waals surface area contributed by atoms with Gasteiger partial charge in [0.25, 0.3) is 11.8 Å². The van der Waals surface area contributed by atoms with E-state index in [0.29, 0.717) is 27.9 Å². The summed E-state index contributed by atoms with van der Waals surface area (Å²) in [6.45, 7) is 0. The third-order valence-electron chi connectivity index (χ3n) is 4.68. The number of hydrogen-bond donors (Lipinski definition) is 0. The molecule has 0 unspecified atom stereocenters. The number of carbonyl (C=O) groups is 2. The van der Waals surface area contributed by atoms with Gasteiger partial charge in [0.05, 0.1) is 17.0 Å². The van der Waals surface area contributed by atoms with Gasteiger partial charge in [0.2, 0.25) is 0 Å². The number of nitrogens with zero attached hydrogens (tertiary/aromatic N) is 4. The largest absolute Gasteiger partial charge is 0.453 e. The molecule has 0 bridgehead atoms. The highest BCUT2D eigenvalue weighted by Crippen LogP contribution is 2.30. The quantitative estimate of drug-likeness (QED) is 0.391. The first-order valence-corrected chi connectivity index (χ1v) is 9.58. The SMILES string of the molecule is Cn1c(SCN2C(=O)c3ccccc3C2=O)nnc1-c1cc2ccccc2o1. The third kappa shape index (κ3) is 2.53. The molecule has 1 aliphatic heterocycles. The van der Waals surface area contributed by atoms with Crippen LogP contribution < -0.4 is 0 Å². The van der Waals surface area contributed by atoms with Crippen LogP contribution in [0.5, 0.6) is 0 Å². The maximum Gasteiger partial charge on any atom is 0.262 e. The summed E-state index contributed by atoms with van der Waals surface area (Å²) in [6.07, 6.45) is 0. The first-order valence-electron chi connectivity index (χ1n) is 8.60. The number of benzene rings is 2. The Balaban J connectivity index is 1.38. The van der Waals surface area contributed by atoms with Gasteiger partial charge in [-0.1, -0.05) is 42.1 Å². The Morgan fingerprint density at radius 3 is 2.36 bits per heavy atom. The lowest BCUT2D eigenvalue weighted by Gasteiger charge is -2.12. The van der Waals surface area contributed by atoms with Gasteiger partial charge in [-0.2, -0.15) is 0 Å². The van der Waals surface area contributed by atoms with Crippen LogP contribution in [0, 0.1) is 0 Å². The molecule has 7 nitrogen and oxygen atoms in total. The number of para-hydroxylation sites is 1. The van der Waals surface area contributed by atoms with Crippen LogP contribution in [0.25, 0.3) is 22.6 Å². The summed E-state index contributed by atoms with van der Waals surface area (Å²) in [5.41, 5.74) is 1.66. The average molecular weight is 390 g/mol. The minimum atomic E-state index is -0.284. The molecule has 0 radical (unpaired) electrons. The molecular formula is C20H14N4O3S. The predicted molar refractivity (Wildman–Crippen MR) is 104 cm³/mol. The Kier molecular flexibility index (Phi) is 3.80. The van der Waals surface area contributed by atoms with Crippen molar-refractivity contribution in [3.8, 4) is 11.6 Å². The zero-order valence-corrected chi connectivity index (χ0v) is 15.6. The van der Waals surface area contributed by atoms with Gasteiger partial charge >= 0.3 is 0 Å².